The van der Waals surface area contributed by atoms with Crippen molar-refractivity contribution in [3.05, 3.63) is 24.3 Å². The van der Waals surface area contributed by atoms with E-state index in [2.05, 4.69) is 11.0 Å². The number of para-hydroxylation sites is 2. The van der Waals surface area contributed by atoms with Crippen molar-refractivity contribution in [2.75, 3.05) is 44.8 Å². The van der Waals surface area contributed by atoms with Crippen LogP contribution < -0.4 is 9.64 Å². The molecule has 0 aromatic heterocycles. The van der Waals surface area contributed by atoms with Gasteiger partial charge in [-0.1, -0.05) is 12.1 Å². The third kappa shape index (κ3) is 4.11. The van der Waals surface area contributed by atoms with Gasteiger partial charge in [-0.2, -0.15) is 0 Å². The molecule has 0 radical (unpaired) electrons. The number of carbonyl (C=O) groups excluding carboxylic acids is 1. The molecular formula is C16H24N2O3. The quantitative estimate of drug-likeness (QED) is 0.829. The summed E-state index contributed by atoms with van der Waals surface area (Å²) in [4.78, 5) is 15.9. The van der Waals surface area contributed by atoms with Crippen LogP contribution in [0.4, 0.5) is 5.69 Å². The molecule has 1 aromatic rings. The SMILES string of the molecule is COCC(=O)N1CCN(c2ccccc2OC(C)C)CC1. The highest BCUT2D eigenvalue weighted by atomic mass is 16.5. The minimum absolute atomic E-state index is 0.0591. The van der Waals surface area contributed by atoms with Gasteiger partial charge >= 0.3 is 0 Å². The van der Waals surface area contributed by atoms with Gasteiger partial charge in [0.05, 0.1) is 11.8 Å². The molecule has 0 atom stereocenters. The van der Waals surface area contributed by atoms with Crippen molar-refractivity contribution in [3.8, 4) is 5.75 Å². The van der Waals surface area contributed by atoms with Crippen molar-refractivity contribution >= 4 is 11.6 Å². The molecule has 1 aromatic carbocycles. The third-order valence-electron chi connectivity index (χ3n) is 3.47. The summed E-state index contributed by atoms with van der Waals surface area (Å²) in [6, 6.07) is 8.08. The number of amides is 1. The van der Waals surface area contributed by atoms with Gasteiger partial charge in [-0.15, -0.1) is 0 Å². The molecular weight excluding hydrogens is 268 g/mol. The maximum Gasteiger partial charge on any atom is 0.248 e. The summed E-state index contributed by atoms with van der Waals surface area (Å²) in [6.07, 6.45) is 0.149. The maximum absolute atomic E-state index is 11.8. The van der Waals surface area contributed by atoms with E-state index in [0.29, 0.717) is 0 Å². The molecule has 1 aliphatic rings. The maximum atomic E-state index is 11.8. The molecule has 1 fully saturated rings. The van der Waals surface area contributed by atoms with Gasteiger partial charge in [0, 0.05) is 33.3 Å². The van der Waals surface area contributed by atoms with Crippen LogP contribution in [0.2, 0.25) is 0 Å². The summed E-state index contributed by atoms with van der Waals surface area (Å²) >= 11 is 0. The van der Waals surface area contributed by atoms with E-state index in [0.717, 1.165) is 37.6 Å². The number of hydrogen-bond acceptors (Lipinski definition) is 4. The highest BCUT2D eigenvalue weighted by molar-refractivity contribution is 5.77. The summed E-state index contributed by atoms with van der Waals surface area (Å²) in [7, 11) is 1.55. The van der Waals surface area contributed by atoms with E-state index in [1.54, 1.807) is 7.11 Å². The van der Waals surface area contributed by atoms with E-state index in [1.807, 2.05) is 36.9 Å². The second-order valence-corrected chi connectivity index (χ2v) is 5.44. The first kappa shape index (κ1) is 15.6. The summed E-state index contributed by atoms with van der Waals surface area (Å²) in [5, 5.41) is 0. The fraction of sp³-hybridized carbons (Fsp3) is 0.562. The largest absolute Gasteiger partial charge is 0.489 e. The van der Waals surface area contributed by atoms with Crippen LogP contribution in [-0.4, -0.2) is 56.8 Å². The molecule has 0 N–H and O–H groups in total. The zero-order valence-corrected chi connectivity index (χ0v) is 13.0. The van der Waals surface area contributed by atoms with Crippen molar-refractivity contribution in [2.45, 2.75) is 20.0 Å². The fourth-order valence-electron chi connectivity index (χ4n) is 2.48. The summed E-state index contributed by atoms with van der Waals surface area (Å²) in [6.45, 7) is 7.28. The molecule has 1 saturated heterocycles. The van der Waals surface area contributed by atoms with Crippen LogP contribution in [0, 0.1) is 0 Å². The number of piperazine rings is 1. The molecule has 1 heterocycles. The topological polar surface area (TPSA) is 42.0 Å². The molecule has 5 heteroatoms. The first-order valence-electron chi connectivity index (χ1n) is 7.39. The van der Waals surface area contributed by atoms with Crippen LogP contribution in [-0.2, 0) is 9.53 Å². The predicted molar refractivity (Wildman–Crippen MR) is 82.9 cm³/mol. The Morgan fingerprint density at radius 1 is 1.19 bits per heavy atom. The van der Waals surface area contributed by atoms with Gasteiger partial charge in [0.2, 0.25) is 5.91 Å². The lowest BCUT2D eigenvalue weighted by Crippen LogP contribution is -2.49. The number of benzene rings is 1. The van der Waals surface area contributed by atoms with E-state index in [-0.39, 0.29) is 18.6 Å². The summed E-state index contributed by atoms with van der Waals surface area (Å²) in [5.41, 5.74) is 1.10. The molecule has 0 saturated carbocycles. The average Bonchev–Trinajstić information content (AvgIpc) is 2.48. The molecule has 0 aliphatic carbocycles. The van der Waals surface area contributed by atoms with Gasteiger partial charge in [-0.25, -0.2) is 0 Å². The Morgan fingerprint density at radius 2 is 1.86 bits per heavy atom. The van der Waals surface area contributed by atoms with E-state index in [1.165, 1.54) is 0 Å². The monoisotopic (exact) mass is 292 g/mol. The van der Waals surface area contributed by atoms with Crippen molar-refractivity contribution in [2.24, 2.45) is 0 Å². The van der Waals surface area contributed by atoms with Gasteiger partial charge in [0.15, 0.2) is 0 Å². The van der Waals surface area contributed by atoms with Crippen molar-refractivity contribution in [3.63, 3.8) is 0 Å². The molecule has 116 valence electrons. The van der Waals surface area contributed by atoms with Gasteiger partial charge in [-0.05, 0) is 26.0 Å². The van der Waals surface area contributed by atoms with E-state index < -0.39 is 0 Å². The van der Waals surface area contributed by atoms with Gasteiger partial charge in [0.25, 0.3) is 0 Å². The van der Waals surface area contributed by atoms with Crippen molar-refractivity contribution in [1.29, 1.82) is 0 Å². The number of methoxy groups -OCH3 is 1. The zero-order chi connectivity index (χ0) is 15.2. The molecule has 2 rings (SSSR count). The normalized spacial score (nSPS) is 15.4. The Labute approximate surface area is 126 Å². The Hall–Kier alpha value is -1.75. The number of anilines is 1. The minimum Gasteiger partial charge on any atom is -0.489 e. The number of rotatable bonds is 5. The second-order valence-electron chi connectivity index (χ2n) is 5.44. The lowest BCUT2D eigenvalue weighted by molar-refractivity contribution is -0.135. The Bertz CT molecular complexity index is 468. The van der Waals surface area contributed by atoms with Crippen molar-refractivity contribution < 1.29 is 14.3 Å². The van der Waals surface area contributed by atoms with Crippen LogP contribution in [0.15, 0.2) is 24.3 Å². The lowest BCUT2D eigenvalue weighted by atomic mass is 10.2. The standard InChI is InChI=1S/C16H24N2O3/c1-13(2)21-15-7-5-4-6-14(15)17-8-10-18(11-9-17)16(19)12-20-3/h4-7,13H,8-12H2,1-3H3. The predicted octanol–water partition coefficient (Wildman–Crippen LogP) is 1.77. The van der Waals surface area contributed by atoms with E-state index in [9.17, 15) is 4.79 Å². The summed E-state index contributed by atoms with van der Waals surface area (Å²) in [5.74, 6) is 0.966. The van der Waals surface area contributed by atoms with Crippen molar-refractivity contribution in [1.82, 2.24) is 4.90 Å². The smallest absolute Gasteiger partial charge is 0.248 e. The molecule has 1 aliphatic heterocycles. The molecule has 0 unspecified atom stereocenters. The van der Waals surface area contributed by atoms with Crippen LogP contribution in [0.5, 0.6) is 5.75 Å². The Balaban J connectivity index is 2.00. The second kappa shape index (κ2) is 7.31. The number of hydrogen-bond donors (Lipinski definition) is 0. The van der Waals surface area contributed by atoms with E-state index in [4.69, 9.17) is 9.47 Å². The minimum atomic E-state index is 0.0591. The number of carbonyl (C=O) groups is 1. The first-order valence-corrected chi connectivity index (χ1v) is 7.39. The fourth-order valence-corrected chi connectivity index (χ4v) is 2.48. The van der Waals surface area contributed by atoms with Gasteiger partial charge in [0.1, 0.15) is 12.4 Å². The highest BCUT2D eigenvalue weighted by Gasteiger charge is 2.22. The molecule has 21 heavy (non-hydrogen) atoms. The molecule has 5 nitrogen and oxygen atoms in total. The number of ether oxygens (including phenoxy) is 2. The summed E-state index contributed by atoms with van der Waals surface area (Å²) < 4.78 is 10.8. The lowest BCUT2D eigenvalue weighted by Gasteiger charge is -2.36. The third-order valence-corrected chi connectivity index (χ3v) is 3.47. The van der Waals surface area contributed by atoms with Crippen LogP contribution in [0.3, 0.4) is 0 Å². The Morgan fingerprint density at radius 3 is 2.48 bits per heavy atom. The highest BCUT2D eigenvalue weighted by Crippen LogP contribution is 2.29. The first-order chi connectivity index (χ1) is 10.1. The molecule has 1 amide bonds. The zero-order valence-electron chi connectivity index (χ0n) is 13.0. The Kier molecular flexibility index (Phi) is 5.44. The number of nitrogens with zero attached hydrogens (tertiary/aromatic N) is 2. The average molecular weight is 292 g/mol. The molecule has 0 spiro atoms. The molecule has 0 bridgehead atoms. The van der Waals surface area contributed by atoms with Gasteiger partial charge in [-0.3, -0.25) is 4.79 Å². The van der Waals surface area contributed by atoms with Crippen LogP contribution in [0.1, 0.15) is 13.8 Å². The van der Waals surface area contributed by atoms with E-state index >= 15 is 0 Å². The van der Waals surface area contributed by atoms with Crippen LogP contribution >= 0.6 is 0 Å². The van der Waals surface area contributed by atoms with Crippen LogP contribution in [0.25, 0.3) is 0 Å². The van der Waals surface area contributed by atoms with Gasteiger partial charge < -0.3 is 19.3 Å².